The molecule has 0 fully saturated rings. The van der Waals surface area contributed by atoms with Crippen molar-refractivity contribution in [3.8, 4) is 5.75 Å². The lowest BCUT2D eigenvalue weighted by Crippen LogP contribution is -2.28. The van der Waals surface area contributed by atoms with Crippen LogP contribution in [0.25, 0.3) is 0 Å². The number of benzene rings is 3. The first kappa shape index (κ1) is 22.5. The molecule has 1 amide bonds. The maximum Gasteiger partial charge on any atom is 0.253 e. The van der Waals surface area contributed by atoms with Crippen LogP contribution in [0.5, 0.6) is 5.75 Å². The van der Waals surface area contributed by atoms with Gasteiger partial charge in [-0.2, -0.15) is 0 Å². The van der Waals surface area contributed by atoms with Crippen LogP contribution in [0.3, 0.4) is 0 Å². The molecule has 1 N–H and O–H groups in total. The molecule has 0 aliphatic carbocycles. The van der Waals surface area contributed by atoms with Crippen LogP contribution in [0.4, 0.5) is 0 Å². The molecule has 0 aromatic heterocycles. The quantitative estimate of drug-likeness (QED) is 0.581. The van der Waals surface area contributed by atoms with Crippen LogP contribution in [0, 0.1) is 6.92 Å². The second kappa shape index (κ2) is 9.76. The van der Waals surface area contributed by atoms with Crippen molar-refractivity contribution in [3.63, 3.8) is 0 Å². The topological polar surface area (TPSA) is 75.7 Å². The third kappa shape index (κ3) is 5.51. The van der Waals surface area contributed by atoms with Crippen LogP contribution in [0.1, 0.15) is 27.0 Å². The van der Waals surface area contributed by atoms with E-state index in [2.05, 4.69) is 4.72 Å². The first-order valence-electron chi connectivity index (χ1n) is 9.83. The standard InChI is InChI=1S/C24H26N2O4S/c1-18-13-14-20(24(27)26(2)17-21-11-7-8-12-22(21)30-3)15-23(18)31(28,29)25-16-19-9-5-4-6-10-19/h4-15,25H,16-17H2,1-3H3. The van der Waals surface area contributed by atoms with Gasteiger partial charge in [0.15, 0.2) is 0 Å². The number of nitrogens with one attached hydrogen (secondary N) is 1. The van der Waals surface area contributed by atoms with Crippen molar-refractivity contribution in [2.45, 2.75) is 24.9 Å². The number of aryl methyl sites for hydroxylation is 1. The van der Waals surface area contributed by atoms with E-state index in [0.717, 1.165) is 11.1 Å². The smallest absolute Gasteiger partial charge is 0.253 e. The van der Waals surface area contributed by atoms with Gasteiger partial charge in [0.1, 0.15) is 5.75 Å². The first-order chi connectivity index (χ1) is 14.8. The molecule has 0 bridgehead atoms. The van der Waals surface area contributed by atoms with E-state index in [1.807, 2.05) is 54.6 Å². The lowest BCUT2D eigenvalue weighted by Gasteiger charge is -2.19. The Kier molecular flexibility index (Phi) is 7.09. The van der Waals surface area contributed by atoms with Gasteiger partial charge in [-0.3, -0.25) is 4.79 Å². The summed E-state index contributed by atoms with van der Waals surface area (Å²) in [5, 5.41) is 0. The lowest BCUT2D eigenvalue weighted by atomic mass is 10.1. The van der Waals surface area contributed by atoms with Crippen molar-refractivity contribution in [1.29, 1.82) is 0 Å². The molecule has 0 spiro atoms. The molecule has 0 heterocycles. The number of para-hydroxylation sites is 1. The van der Waals surface area contributed by atoms with E-state index in [1.165, 1.54) is 11.0 Å². The number of carbonyl (C=O) groups is 1. The summed E-state index contributed by atoms with van der Waals surface area (Å²) in [6, 6.07) is 21.5. The number of rotatable bonds is 8. The van der Waals surface area contributed by atoms with Crippen molar-refractivity contribution < 1.29 is 17.9 Å². The number of methoxy groups -OCH3 is 1. The van der Waals surface area contributed by atoms with Gasteiger partial charge in [-0.05, 0) is 36.2 Å². The number of hydrogen-bond acceptors (Lipinski definition) is 4. The molecule has 3 aromatic carbocycles. The highest BCUT2D eigenvalue weighted by molar-refractivity contribution is 7.89. The minimum Gasteiger partial charge on any atom is -0.496 e. The van der Waals surface area contributed by atoms with Gasteiger partial charge < -0.3 is 9.64 Å². The molecule has 0 saturated heterocycles. The molecule has 3 rings (SSSR count). The fourth-order valence-corrected chi connectivity index (χ4v) is 4.54. The molecular formula is C24H26N2O4S. The molecule has 31 heavy (non-hydrogen) atoms. The summed E-state index contributed by atoms with van der Waals surface area (Å²) < 4.78 is 33.7. The largest absolute Gasteiger partial charge is 0.496 e. The van der Waals surface area contributed by atoms with Crippen LogP contribution in [-0.4, -0.2) is 33.4 Å². The highest BCUT2D eigenvalue weighted by Gasteiger charge is 2.21. The van der Waals surface area contributed by atoms with Crippen molar-refractivity contribution in [1.82, 2.24) is 9.62 Å². The Bertz CT molecular complexity index is 1160. The van der Waals surface area contributed by atoms with Gasteiger partial charge in [0.05, 0.1) is 12.0 Å². The van der Waals surface area contributed by atoms with E-state index in [-0.39, 0.29) is 17.3 Å². The number of amides is 1. The molecule has 3 aromatic rings. The van der Waals surface area contributed by atoms with E-state index in [4.69, 9.17) is 4.74 Å². The molecule has 0 aliphatic rings. The third-order valence-electron chi connectivity index (χ3n) is 4.98. The van der Waals surface area contributed by atoms with Crippen LogP contribution in [0.15, 0.2) is 77.7 Å². The molecule has 0 saturated carbocycles. The maximum atomic E-state index is 13.0. The van der Waals surface area contributed by atoms with Gasteiger partial charge in [-0.15, -0.1) is 0 Å². The third-order valence-corrected chi connectivity index (χ3v) is 6.52. The molecule has 0 atom stereocenters. The fourth-order valence-electron chi connectivity index (χ4n) is 3.26. The monoisotopic (exact) mass is 438 g/mol. The number of carbonyl (C=O) groups excluding carboxylic acids is 1. The zero-order valence-corrected chi connectivity index (χ0v) is 18.6. The Morgan fingerprint density at radius 3 is 2.39 bits per heavy atom. The predicted molar refractivity (Wildman–Crippen MR) is 120 cm³/mol. The fraction of sp³-hybridized carbons (Fsp3) is 0.208. The zero-order valence-electron chi connectivity index (χ0n) is 17.8. The molecule has 0 aliphatic heterocycles. The van der Waals surface area contributed by atoms with Crippen LogP contribution < -0.4 is 9.46 Å². The van der Waals surface area contributed by atoms with Crippen molar-refractivity contribution in [2.24, 2.45) is 0 Å². The Morgan fingerprint density at radius 2 is 1.68 bits per heavy atom. The number of nitrogens with zero attached hydrogens (tertiary/aromatic N) is 1. The van der Waals surface area contributed by atoms with E-state index >= 15 is 0 Å². The second-order valence-corrected chi connectivity index (χ2v) is 9.00. The van der Waals surface area contributed by atoms with Crippen molar-refractivity contribution >= 4 is 15.9 Å². The van der Waals surface area contributed by atoms with E-state index in [0.29, 0.717) is 23.4 Å². The summed E-state index contributed by atoms with van der Waals surface area (Å²) in [6.45, 7) is 2.23. The van der Waals surface area contributed by atoms with Gasteiger partial charge in [0, 0.05) is 31.3 Å². The molecule has 162 valence electrons. The summed E-state index contributed by atoms with van der Waals surface area (Å²) in [6.07, 6.45) is 0. The van der Waals surface area contributed by atoms with Gasteiger partial charge in [-0.1, -0.05) is 54.6 Å². The van der Waals surface area contributed by atoms with E-state index in [1.54, 1.807) is 33.2 Å². The Balaban J connectivity index is 1.80. The SMILES string of the molecule is COc1ccccc1CN(C)C(=O)c1ccc(C)c(S(=O)(=O)NCc2ccccc2)c1. The Labute approximate surface area is 183 Å². The summed E-state index contributed by atoms with van der Waals surface area (Å²) in [5.74, 6) is 0.421. The van der Waals surface area contributed by atoms with Gasteiger partial charge in [0.25, 0.3) is 5.91 Å². The average molecular weight is 439 g/mol. The van der Waals surface area contributed by atoms with E-state index < -0.39 is 10.0 Å². The van der Waals surface area contributed by atoms with Gasteiger partial charge in [0.2, 0.25) is 10.0 Å². The van der Waals surface area contributed by atoms with Gasteiger partial charge >= 0.3 is 0 Å². The number of hydrogen-bond donors (Lipinski definition) is 1. The predicted octanol–water partition coefficient (Wildman–Crippen LogP) is 3.75. The van der Waals surface area contributed by atoms with Crippen molar-refractivity contribution in [3.05, 3.63) is 95.1 Å². The van der Waals surface area contributed by atoms with Crippen LogP contribution in [-0.2, 0) is 23.1 Å². The first-order valence-corrected chi connectivity index (χ1v) is 11.3. The Hall–Kier alpha value is -3.16. The minimum absolute atomic E-state index is 0.0972. The summed E-state index contributed by atoms with van der Waals surface area (Å²) in [7, 11) is -0.521. The van der Waals surface area contributed by atoms with E-state index in [9.17, 15) is 13.2 Å². The lowest BCUT2D eigenvalue weighted by molar-refractivity contribution is 0.0784. The normalized spacial score (nSPS) is 11.2. The molecule has 0 radical (unpaired) electrons. The second-order valence-electron chi connectivity index (χ2n) is 7.26. The molecular weight excluding hydrogens is 412 g/mol. The number of ether oxygens (including phenoxy) is 1. The Morgan fingerprint density at radius 1 is 1.00 bits per heavy atom. The van der Waals surface area contributed by atoms with Crippen LogP contribution in [0.2, 0.25) is 0 Å². The minimum atomic E-state index is -3.78. The molecule has 7 heteroatoms. The maximum absolute atomic E-state index is 13.0. The van der Waals surface area contributed by atoms with Crippen LogP contribution >= 0.6 is 0 Å². The molecule has 0 unspecified atom stereocenters. The van der Waals surface area contributed by atoms with Gasteiger partial charge in [-0.25, -0.2) is 13.1 Å². The summed E-state index contributed by atoms with van der Waals surface area (Å²) >= 11 is 0. The highest BCUT2D eigenvalue weighted by atomic mass is 32.2. The zero-order chi connectivity index (χ0) is 22.4. The summed E-state index contributed by atoms with van der Waals surface area (Å²) in [4.78, 5) is 14.6. The van der Waals surface area contributed by atoms with Crippen molar-refractivity contribution in [2.75, 3.05) is 14.2 Å². The highest BCUT2D eigenvalue weighted by Crippen LogP contribution is 2.22. The molecule has 6 nitrogen and oxygen atoms in total. The summed E-state index contributed by atoms with van der Waals surface area (Å²) in [5.41, 5.74) is 2.60. The number of sulfonamides is 1. The average Bonchev–Trinajstić information content (AvgIpc) is 2.78.